The molecule has 0 saturated heterocycles. The number of carboxylic acid groups (broad SMARTS) is 1. The third-order valence-corrected chi connectivity index (χ3v) is 3.76. The van der Waals surface area contributed by atoms with Crippen molar-refractivity contribution in [2.75, 3.05) is 11.4 Å². The lowest BCUT2D eigenvalue weighted by molar-refractivity contribution is 0.0690. The van der Waals surface area contributed by atoms with Gasteiger partial charge in [0.25, 0.3) is 0 Å². The monoisotopic (exact) mass is 303 g/mol. The van der Waals surface area contributed by atoms with Gasteiger partial charge in [-0.2, -0.15) is 16.4 Å². The van der Waals surface area contributed by atoms with Gasteiger partial charge in [0.15, 0.2) is 5.82 Å². The Morgan fingerprint density at radius 3 is 3.00 bits per heavy atom. The molecule has 3 rings (SSSR count). The van der Waals surface area contributed by atoms with Crippen LogP contribution in [0.15, 0.2) is 45.9 Å². The average molecular weight is 303 g/mol. The maximum Gasteiger partial charge on any atom is 0.353 e. The predicted molar refractivity (Wildman–Crippen MR) is 79.3 cm³/mol. The molecule has 0 aliphatic heterocycles. The number of furan rings is 1. The summed E-state index contributed by atoms with van der Waals surface area (Å²) in [5.74, 6) is -0.428. The van der Waals surface area contributed by atoms with E-state index in [2.05, 4.69) is 10.2 Å². The van der Waals surface area contributed by atoms with Crippen LogP contribution in [0, 0.1) is 0 Å². The van der Waals surface area contributed by atoms with Crippen molar-refractivity contribution >= 4 is 28.8 Å². The lowest BCUT2D eigenvalue weighted by Gasteiger charge is -2.20. The Kier molecular flexibility index (Phi) is 3.74. The number of aromatic nitrogens is 2. The molecule has 0 bridgehead atoms. The van der Waals surface area contributed by atoms with Crippen LogP contribution in [0.1, 0.15) is 16.1 Å². The summed E-state index contributed by atoms with van der Waals surface area (Å²) in [5, 5.41) is 19.6. The van der Waals surface area contributed by atoms with E-state index >= 15 is 0 Å². The second kappa shape index (κ2) is 5.84. The highest BCUT2D eigenvalue weighted by Gasteiger charge is 2.16. The number of rotatable bonds is 6. The fourth-order valence-corrected chi connectivity index (χ4v) is 2.66. The number of thiophene rings is 1. The van der Waals surface area contributed by atoms with Gasteiger partial charge in [0, 0.05) is 18.0 Å². The van der Waals surface area contributed by atoms with E-state index in [1.807, 2.05) is 27.8 Å². The molecule has 0 amide bonds. The average Bonchev–Trinajstić information content (AvgIpc) is 3.22. The molecule has 21 heavy (non-hydrogen) atoms. The normalized spacial score (nSPS) is 10.7. The third kappa shape index (κ3) is 2.97. The predicted octanol–water partition coefficient (Wildman–Crippen LogP) is 3.14. The molecule has 0 atom stereocenters. The Hall–Kier alpha value is -2.54. The molecule has 2 N–H and O–H groups in total. The molecule has 0 fully saturated rings. The summed E-state index contributed by atoms with van der Waals surface area (Å²) in [6, 6.07) is 5.43. The summed E-state index contributed by atoms with van der Waals surface area (Å²) in [7, 11) is 0. The molecule has 0 aliphatic carbocycles. The number of hydrogen-bond acceptors (Lipinski definition) is 5. The standard InChI is InChI=1S/C14H13N3O3S/c18-14(19)12-7-13(16-15-12)17(11-3-6-21-9-11)4-1-10-2-5-20-8-10/h2-3,5-9H,1,4H2,(H,15,16)(H,18,19). The quantitative estimate of drug-likeness (QED) is 0.731. The highest BCUT2D eigenvalue weighted by Crippen LogP contribution is 2.26. The van der Waals surface area contributed by atoms with Crippen LogP contribution in [-0.2, 0) is 6.42 Å². The van der Waals surface area contributed by atoms with Gasteiger partial charge in [-0.05, 0) is 29.5 Å². The van der Waals surface area contributed by atoms with E-state index in [1.165, 1.54) is 6.07 Å². The first kappa shape index (κ1) is 13.4. The van der Waals surface area contributed by atoms with Crippen molar-refractivity contribution in [2.45, 2.75) is 6.42 Å². The Morgan fingerprint density at radius 2 is 2.38 bits per heavy atom. The molecule has 0 aromatic carbocycles. The highest BCUT2D eigenvalue weighted by atomic mass is 32.1. The second-order valence-corrected chi connectivity index (χ2v) is 5.24. The van der Waals surface area contributed by atoms with Crippen LogP contribution in [0.3, 0.4) is 0 Å². The van der Waals surface area contributed by atoms with Gasteiger partial charge in [-0.25, -0.2) is 4.79 Å². The SMILES string of the molecule is O=C(O)c1cc(N(CCc2ccoc2)c2ccsc2)n[nH]1. The number of aromatic amines is 1. The van der Waals surface area contributed by atoms with Gasteiger partial charge in [-0.1, -0.05) is 0 Å². The first-order valence-electron chi connectivity index (χ1n) is 6.33. The first-order valence-corrected chi connectivity index (χ1v) is 7.28. The van der Waals surface area contributed by atoms with Crippen molar-refractivity contribution in [1.82, 2.24) is 10.2 Å². The van der Waals surface area contributed by atoms with E-state index < -0.39 is 5.97 Å². The zero-order chi connectivity index (χ0) is 14.7. The first-order chi connectivity index (χ1) is 10.2. The summed E-state index contributed by atoms with van der Waals surface area (Å²) in [4.78, 5) is 12.9. The van der Waals surface area contributed by atoms with E-state index in [-0.39, 0.29) is 5.69 Å². The number of H-pyrrole nitrogens is 1. The summed E-state index contributed by atoms with van der Waals surface area (Å²) in [6.45, 7) is 0.681. The van der Waals surface area contributed by atoms with Crippen LogP contribution in [0.5, 0.6) is 0 Å². The summed E-state index contributed by atoms with van der Waals surface area (Å²) < 4.78 is 5.06. The van der Waals surface area contributed by atoms with Crippen molar-refractivity contribution in [2.24, 2.45) is 0 Å². The summed E-state index contributed by atoms with van der Waals surface area (Å²) >= 11 is 1.58. The Balaban J connectivity index is 1.83. The number of nitrogens with zero attached hydrogens (tertiary/aromatic N) is 2. The summed E-state index contributed by atoms with van der Waals surface area (Å²) in [5.41, 5.74) is 2.16. The molecule has 3 aromatic rings. The molecule has 3 heterocycles. The number of aromatic carboxylic acids is 1. The van der Waals surface area contributed by atoms with Gasteiger partial charge in [0.05, 0.1) is 18.2 Å². The molecular formula is C14H13N3O3S. The zero-order valence-corrected chi connectivity index (χ0v) is 11.8. The third-order valence-electron chi connectivity index (χ3n) is 3.09. The Bertz CT molecular complexity index is 704. The van der Waals surface area contributed by atoms with Crippen LogP contribution >= 0.6 is 11.3 Å². The van der Waals surface area contributed by atoms with Crippen LogP contribution in [0.2, 0.25) is 0 Å². The Labute approximate surface area is 124 Å². The smallest absolute Gasteiger partial charge is 0.353 e. The fourth-order valence-electron chi connectivity index (χ4n) is 2.02. The molecule has 0 saturated carbocycles. The minimum Gasteiger partial charge on any atom is -0.477 e. The van der Waals surface area contributed by atoms with Crippen molar-refractivity contribution in [3.05, 3.63) is 52.7 Å². The Morgan fingerprint density at radius 1 is 1.48 bits per heavy atom. The van der Waals surface area contributed by atoms with E-state index in [0.717, 1.165) is 17.7 Å². The van der Waals surface area contributed by atoms with E-state index in [4.69, 9.17) is 9.52 Å². The number of hydrogen-bond donors (Lipinski definition) is 2. The van der Waals surface area contributed by atoms with Gasteiger partial charge in [-0.3, -0.25) is 5.10 Å². The molecule has 0 radical (unpaired) electrons. The maximum absolute atomic E-state index is 11.0. The maximum atomic E-state index is 11.0. The van der Waals surface area contributed by atoms with E-state index in [9.17, 15) is 4.79 Å². The molecule has 0 spiro atoms. The van der Waals surface area contributed by atoms with Crippen molar-refractivity contribution in [3.63, 3.8) is 0 Å². The zero-order valence-electron chi connectivity index (χ0n) is 11.0. The van der Waals surface area contributed by atoms with Crippen molar-refractivity contribution < 1.29 is 14.3 Å². The molecule has 6 nitrogen and oxygen atoms in total. The number of carboxylic acids is 1. The molecule has 0 aliphatic rings. The van der Waals surface area contributed by atoms with Crippen molar-refractivity contribution in [1.29, 1.82) is 0 Å². The van der Waals surface area contributed by atoms with Gasteiger partial charge in [0.1, 0.15) is 5.69 Å². The minimum absolute atomic E-state index is 0.0774. The fraction of sp³-hybridized carbons (Fsp3) is 0.143. The lowest BCUT2D eigenvalue weighted by atomic mass is 10.2. The number of carbonyl (C=O) groups is 1. The van der Waals surface area contributed by atoms with Gasteiger partial charge < -0.3 is 14.4 Å². The molecule has 7 heteroatoms. The largest absolute Gasteiger partial charge is 0.477 e. The molecular weight excluding hydrogens is 290 g/mol. The van der Waals surface area contributed by atoms with Crippen LogP contribution in [0.4, 0.5) is 11.5 Å². The van der Waals surface area contributed by atoms with Gasteiger partial charge >= 0.3 is 5.97 Å². The van der Waals surface area contributed by atoms with Crippen LogP contribution in [0.25, 0.3) is 0 Å². The highest BCUT2D eigenvalue weighted by molar-refractivity contribution is 7.08. The van der Waals surface area contributed by atoms with Crippen LogP contribution in [-0.4, -0.2) is 27.8 Å². The van der Waals surface area contributed by atoms with Crippen LogP contribution < -0.4 is 4.90 Å². The summed E-state index contributed by atoms with van der Waals surface area (Å²) in [6.07, 6.45) is 4.13. The number of nitrogens with one attached hydrogen (secondary N) is 1. The van der Waals surface area contributed by atoms with E-state index in [0.29, 0.717) is 12.4 Å². The topological polar surface area (TPSA) is 82.4 Å². The van der Waals surface area contributed by atoms with E-state index in [1.54, 1.807) is 23.9 Å². The molecule has 108 valence electrons. The van der Waals surface area contributed by atoms with Crippen molar-refractivity contribution in [3.8, 4) is 0 Å². The second-order valence-electron chi connectivity index (χ2n) is 4.46. The molecule has 0 unspecified atom stereocenters. The lowest BCUT2D eigenvalue weighted by Crippen LogP contribution is -2.19. The number of anilines is 2. The molecule has 3 aromatic heterocycles. The van der Waals surface area contributed by atoms with Gasteiger partial charge in [-0.15, -0.1) is 0 Å². The minimum atomic E-state index is -1.02. The van der Waals surface area contributed by atoms with Gasteiger partial charge in [0.2, 0.25) is 0 Å².